The van der Waals surface area contributed by atoms with E-state index < -0.39 is 12.5 Å². The van der Waals surface area contributed by atoms with Crippen LogP contribution in [-0.4, -0.2) is 49.6 Å². The van der Waals surface area contributed by atoms with Crippen LogP contribution in [0.4, 0.5) is 14.5 Å². The molecule has 2 aromatic carbocycles. The Kier molecular flexibility index (Phi) is 8.71. The molecular formula is C23H25ClF2N2O5. The number of carbonyl (C=O) groups is 2. The molecule has 0 atom stereocenters. The molecule has 10 heteroatoms. The Morgan fingerprint density at radius 1 is 1.03 bits per heavy atom. The molecule has 0 aliphatic carbocycles. The molecule has 33 heavy (non-hydrogen) atoms. The minimum absolute atomic E-state index is 0.0646. The van der Waals surface area contributed by atoms with Gasteiger partial charge in [0.2, 0.25) is 0 Å². The number of rotatable bonds is 9. The summed E-state index contributed by atoms with van der Waals surface area (Å²) in [5, 5.41) is 2.57. The topological polar surface area (TPSA) is 77.1 Å². The van der Waals surface area contributed by atoms with Crippen molar-refractivity contribution in [1.82, 2.24) is 4.90 Å². The third kappa shape index (κ3) is 6.95. The van der Waals surface area contributed by atoms with E-state index in [2.05, 4.69) is 10.1 Å². The van der Waals surface area contributed by atoms with E-state index in [0.29, 0.717) is 23.8 Å². The van der Waals surface area contributed by atoms with Gasteiger partial charge in [0.05, 0.1) is 11.6 Å². The molecule has 0 saturated carbocycles. The van der Waals surface area contributed by atoms with Crippen molar-refractivity contribution < 1.29 is 32.6 Å². The highest BCUT2D eigenvalue weighted by atomic mass is 35.5. The Bertz CT molecular complexity index is 983. The van der Waals surface area contributed by atoms with E-state index in [1.165, 1.54) is 30.3 Å². The summed E-state index contributed by atoms with van der Waals surface area (Å²) in [6, 6.07) is 8.56. The van der Waals surface area contributed by atoms with Crippen LogP contribution in [0.25, 0.3) is 0 Å². The van der Waals surface area contributed by atoms with Crippen LogP contribution in [0.1, 0.15) is 36.5 Å². The highest BCUT2D eigenvalue weighted by Crippen LogP contribution is 2.31. The number of nitrogens with one attached hydrogen (secondary N) is 1. The Morgan fingerprint density at radius 2 is 1.76 bits per heavy atom. The number of nitrogens with zero attached hydrogens (tertiary/aromatic N) is 1. The number of hydrogen-bond acceptors (Lipinski definition) is 5. The normalized spacial score (nSPS) is 13.5. The first kappa shape index (κ1) is 24.6. The summed E-state index contributed by atoms with van der Waals surface area (Å²) in [6.45, 7) is 0.480. The maximum Gasteiger partial charge on any atom is 0.387 e. The van der Waals surface area contributed by atoms with Gasteiger partial charge in [0.25, 0.3) is 11.8 Å². The van der Waals surface area contributed by atoms with Crippen LogP contribution in [-0.2, 0) is 4.79 Å². The monoisotopic (exact) mass is 482 g/mol. The van der Waals surface area contributed by atoms with Crippen LogP contribution in [0.3, 0.4) is 0 Å². The van der Waals surface area contributed by atoms with Gasteiger partial charge in [0.1, 0.15) is 5.75 Å². The molecule has 2 amide bonds. The van der Waals surface area contributed by atoms with Gasteiger partial charge in [0, 0.05) is 24.3 Å². The van der Waals surface area contributed by atoms with Gasteiger partial charge in [-0.1, -0.05) is 11.6 Å². The van der Waals surface area contributed by atoms with E-state index in [-0.39, 0.29) is 28.8 Å². The van der Waals surface area contributed by atoms with E-state index in [4.69, 9.17) is 21.1 Å². The van der Waals surface area contributed by atoms with Crippen LogP contribution >= 0.6 is 11.6 Å². The molecule has 3 rings (SSSR count). The predicted molar refractivity (Wildman–Crippen MR) is 120 cm³/mol. The van der Waals surface area contributed by atoms with E-state index in [1.807, 2.05) is 0 Å². The quantitative estimate of drug-likeness (QED) is 0.545. The van der Waals surface area contributed by atoms with Crippen molar-refractivity contribution in [2.45, 2.75) is 32.8 Å². The number of carbonyl (C=O) groups excluding carboxylic acids is 2. The number of hydrogen-bond donors (Lipinski definition) is 1. The molecular weight excluding hydrogens is 458 g/mol. The van der Waals surface area contributed by atoms with E-state index >= 15 is 0 Å². The zero-order valence-electron chi connectivity index (χ0n) is 18.1. The Labute approximate surface area is 195 Å². The summed E-state index contributed by atoms with van der Waals surface area (Å²) in [5.74, 6) is -0.0601. The number of anilines is 1. The van der Waals surface area contributed by atoms with Gasteiger partial charge in [-0.3, -0.25) is 9.59 Å². The second kappa shape index (κ2) is 11.7. The van der Waals surface area contributed by atoms with Crippen molar-refractivity contribution in [2.75, 3.05) is 31.6 Å². The largest absolute Gasteiger partial charge is 0.490 e. The molecule has 1 aliphatic heterocycles. The summed E-state index contributed by atoms with van der Waals surface area (Å²) >= 11 is 5.93. The zero-order valence-corrected chi connectivity index (χ0v) is 18.9. The fraction of sp³-hybridized carbons (Fsp3) is 0.391. The molecule has 1 aliphatic rings. The summed E-state index contributed by atoms with van der Waals surface area (Å²) in [5.41, 5.74) is 0.578. The maximum atomic E-state index is 12.7. The smallest absolute Gasteiger partial charge is 0.387 e. The zero-order chi connectivity index (χ0) is 23.8. The number of likely N-dealkylation sites (tertiary alicyclic amines) is 1. The average Bonchev–Trinajstić information content (AvgIpc) is 2.80. The van der Waals surface area contributed by atoms with Crippen molar-refractivity contribution in [3.63, 3.8) is 0 Å². The SMILES string of the molecule is CCOc1cc(C(=O)Nc2ccc(OC(F)F)c(Cl)c2)ccc1OCC(=O)N1CCCCC1. The predicted octanol–water partition coefficient (Wildman–Crippen LogP) is 4.98. The average molecular weight is 483 g/mol. The Balaban J connectivity index is 1.66. The Morgan fingerprint density at radius 3 is 2.42 bits per heavy atom. The molecule has 178 valence electrons. The molecule has 0 radical (unpaired) electrons. The van der Waals surface area contributed by atoms with Gasteiger partial charge in [-0.05, 0) is 62.6 Å². The molecule has 1 heterocycles. The molecule has 1 fully saturated rings. The lowest BCUT2D eigenvalue weighted by Crippen LogP contribution is -2.38. The van der Waals surface area contributed by atoms with Gasteiger partial charge >= 0.3 is 6.61 Å². The second-order valence-electron chi connectivity index (χ2n) is 7.30. The molecule has 0 unspecified atom stereocenters. The highest BCUT2D eigenvalue weighted by Gasteiger charge is 2.19. The van der Waals surface area contributed by atoms with Crippen LogP contribution in [0.15, 0.2) is 36.4 Å². The number of ether oxygens (including phenoxy) is 3. The standard InChI is InChI=1S/C23H25ClF2N2O5/c1-2-31-20-12-15(6-8-19(20)32-14-21(29)28-10-4-3-5-11-28)22(30)27-16-7-9-18(17(24)13-16)33-23(25)26/h6-9,12-13,23H,2-5,10-11,14H2,1H3,(H,27,30). The Hall–Kier alpha value is -3.07. The first-order chi connectivity index (χ1) is 15.9. The maximum absolute atomic E-state index is 12.7. The number of amides is 2. The highest BCUT2D eigenvalue weighted by molar-refractivity contribution is 6.32. The minimum atomic E-state index is -3.00. The third-order valence-electron chi connectivity index (χ3n) is 4.97. The molecule has 1 N–H and O–H groups in total. The number of alkyl halides is 2. The van der Waals surface area contributed by atoms with Crippen LogP contribution in [0.2, 0.25) is 5.02 Å². The third-order valence-corrected chi connectivity index (χ3v) is 5.27. The van der Waals surface area contributed by atoms with Crippen molar-refractivity contribution in [1.29, 1.82) is 0 Å². The van der Waals surface area contributed by atoms with E-state index in [1.54, 1.807) is 17.9 Å². The van der Waals surface area contributed by atoms with Crippen molar-refractivity contribution in [3.8, 4) is 17.2 Å². The molecule has 1 saturated heterocycles. The molecule has 0 spiro atoms. The fourth-order valence-electron chi connectivity index (χ4n) is 3.38. The number of halogens is 3. The van der Waals surface area contributed by atoms with Crippen LogP contribution in [0.5, 0.6) is 17.2 Å². The van der Waals surface area contributed by atoms with Crippen molar-refractivity contribution >= 4 is 29.1 Å². The van der Waals surface area contributed by atoms with Gasteiger partial charge in [0.15, 0.2) is 18.1 Å². The van der Waals surface area contributed by atoms with E-state index in [0.717, 1.165) is 32.4 Å². The van der Waals surface area contributed by atoms with Crippen molar-refractivity contribution in [2.24, 2.45) is 0 Å². The summed E-state index contributed by atoms with van der Waals surface area (Å²) in [4.78, 5) is 26.8. The molecule has 0 aromatic heterocycles. The van der Waals surface area contributed by atoms with Crippen LogP contribution in [0, 0.1) is 0 Å². The molecule has 2 aromatic rings. The lowest BCUT2D eigenvalue weighted by molar-refractivity contribution is -0.134. The number of benzene rings is 2. The summed E-state index contributed by atoms with van der Waals surface area (Å²) in [6.07, 6.45) is 3.11. The van der Waals surface area contributed by atoms with Gasteiger partial charge < -0.3 is 24.4 Å². The minimum Gasteiger partial charge on any atom is -0.490 e. The lowest BCUT2D eigenvalue weighted by Gasteiger charge is -2.26. The number of piperidine rings is 1. The van der Waals surface area contributed by atoms with E-state index in [9.17, 15) is 18.4 Å². The summed E-state index contributed by atoms with van der Waals surface area (Å²) < 4.78 is 40.3. The van der Waals surface area contributed by atoms with Gasteiger partial charge in [-0.25, -0.2) is 0 Å². The second-order valence-corrected chi connectivity index (χ2v) is 7.71. The van der Waals surface area contributed by atoms with Gasteiger partial charge in [-0.15, -0.1) is 0 Å². The van der Waals surface area contributed by atoms with Gasteiger partial charge in [-0.2, -0.15) is 8.78 Å². The lowest BCUT2D eigenvalue weighted by atomic mass is 10.1. The van der Waals surface area contributed by atoms with Crippen LogP contribution < -0.4 is 19.5 Å². The fourth-order valence-corrected chi connectivity index (χ4v) is 3.61. The first-order valence-electron chi connectivity index (χ1n) is 10.6. The molecule has 7 nitrogen and oxygen atoms in total. The van der Waals surface area contributed by atoms with Crippen molar-refractivity contribution in [3.05, 3.63) is 47.0 Å². The molecule has 0 bridgehead atoms. The first-order valence-corrected chi connectivity index (χ1v) is 11.0. The summed E-state index contributed by atoms with van der Waals surface area (Å²) in [7, 11) is 0.